The summed E-state index contributed by atoms with van der Waals surface area (Å²) in [5, 5.41) is 2.90. The Morgan fingerprint density at radius 1 is 1.58 bits per heavy atom. The monoisotopic (exact) mass is 265 g/mol. The number of ether oxygens (including phenoxy) is 1. The fourth-order valence-electron chi connectivity index (χ4n) is 2.45. The Hall–Kier alpha value is -1.36. The van der Waals surface area contributed by atoms with Gasteiger partial charge in [0.25, 0.3) is 0 Å². The van der Waals surface area contributed by atoms with E-state index in [2.05, 4.69) is 10.3 Å². The molecular formula is C14H23N3O2. The van der Waals surface area contributed by atoms with Crippen LogP contribution in [0.4, 0.5) is 0 Å². The molecule has 0 aromatic carbocycles. The van der Waals surface area contributed by atoms with Crippen LogP contribution in [0.2, 0.25) is 0 Å². The van der Waals surface area contributed by atoms with E-state index in [0.29, 0.717) is 13.0 Å². The van der Waals surface area contributed by atoms with Gasteiger partial charge in [-0.3, -0.25) is 4.79 Å². The van der Waals surface area contributed by atoms with Gasteiger partial charge < -0.3 is 14.6 Å². The third-order valence-electron chi connectivity index (χ3n) is 3.66. The van der Waals surface area contributed by atoms with Crippen LogP contribution >= 0.6 is 0 Å². The van der Waals surface area contributed by atoms with Gasteiger partial charge in [0.1, 0.15) is 11.9 Å². The van der Waals surface area contributed by atoms with Gasteiger partial charge in [-0.05, 0) is 19.3 Å². The maximum atomic E-state index is 12.1. The van der Waals surface area contributed by atoms with Crippen molar-refractivity contribution in [1.82, 2.24) is 14.9 Å². The number of imidazole rings is 1. The predicted octanol–water partition coefficient (Wildman–Crippen LogP) is 1.77. The summed E-state index contributed by atoms with van der Waals surface area (Å²) in [6, 6.07) is 0. The van der Waals surface area contributed by atoms with Crippen molar-refractivity contribution in [3.8, 4) is 0 Å². The van der Waals surface area contributed by atoms with Crippen LogP contribution in [0, 0.1) is 0 Å². The SMILES string of the molecule is CC[C@@H](OC1CCCC1)C(=O)NCc1nccn1C. The minimum atomic E-state index is -0.330. The topological polar surface area (TPSA) is 56.1 Å². The fourth-order valence-corrected chi connectivity index (χ4v) is 2.45. The molecule has 5 heteroatoms. The Bertz CT molecular complexity index is 411. The molecule has 0 saturated heterocycles. The largest absolute Gasteiger partial charge is 0.365 e. The van der Waals surface area contributed by atoms with E-state index in [9.17, 15) is 4.79 Å². The van der Waals surface area contributed by atoms with Gasteiger partial charge in [0.2, 0.25) is 5.91 Å². The molecule has 0 spiro atoms. The van der Waals surface area contributed by atoms with Crippen LogP contribution in [0.15, 0.2) is 12.4 Å². The van der Waals surface area contributed by atoms with Gasteiger partial charge in [-0.2, -0.15) is 0 Å². The minimum Gasteiger partial charge on any atom is -0.365 e. The number of rotatable bonds is 6. The first-order valence-electron chi connectivity index (χ1n) is 7.10. The Kier molecular flexibility index (Phi) is 4.96. The van der Waals surface area contributed by atoms with Gasteiger partial charge in [-0.15, -0.1) is 0 Å². The summed E-state index contributed by atoms with van der Waals surface area (Å²) in [4.78, 5) is 16.3. The number of hydrogen-bond acceptors (Lipinski definition) is 3. The van der Waals surface area contributed by atoms with Crippen LogP contribution in [0.3, 0.4) is 0 Å². The summed E-state index contributed by atoms with van der Waals surface area (Å²) >= 11 is 0. The first-order valence-corrected chi connectivity index (χ1v) is 7.10. The second-order valence-corrected chi connectivity index (χ2v) is 5.11. The van der Waals surface area contributed by atoms with E-state index in [4.69, 9.17) is 4.74 Å². The Balaban J connectivity index is 1.81. The standard InChI is InChI=1S/C14H23N3O2/c1-3-12(19-11-6-4-5-7-11)14(18)16-10-13-15-8-9-17(13)2/h8-9,11-12H,3-7,10H2,1-2H3,(H,16,18)/t12-/m1/s1. The van der Waals surface area contributed by atoms with Gasteiger partial charge in [0, 0.05) is 19.4 Å². The average Bonchev–Trinajstić information content (AvgIpc) is 3.04. The zero-order chi connectivity index (χ0) is 13.7. The highest BCUT2D eigenvalue weighted by Crippen LogP contribution is 2.22. The van der Waals surface area contributed by atoms with Crippen LogP contribution < -0.4 is 5.32 Å². The molecule has 1 aliphatic carbocycles. The lowest BCUT2D eigenvalue weighted by molar-refractivity contribution is -0.137. The lowest BCUT2D eigenvalue weighted by atomic mass is 10.2. The van der Waals surface area contributed by atoms with Crippen molar-refractivity contribution in [2.75, 3.05) is 0 Å². The van der Waals surface area contributed by atoms with E-state index in [1.165, 1.54) is 12.8 Å². The number of carbonyl (C=O) groups excluding carboxylic acids is 1. The quantitative estimate of drug-likeness (QED) is 0.853. The van der Waals surface area contributed by atoms with Gasteiger partial charge >= 0.3 is 0 Å². The van der Waals surface area contributed by atoms with Gasteiger partial charge in [0.15, 0.2) is 0 Å². The summed E-state index contributed by atoms with van der Waals surface area (Å²) in [5.41, 5.74) is 0. The molecule has 1 N–H and O–H groups in total. The van der Waals surface area contributed by atoms with Crippen LogP contribution in [0.5, 0.6) is 0 Å². The lowest BCUT2D eigenvalue weighted by Crippen LogP contribution is -2.38. The van der Waals surface area contributed by atoms with Crippen molar-refractivity contribution in [2.24, 2.45) is 7.05 Å². The maximum absolute atomic E-state index is 12.1. The second kappa shape index (κ2) is 6.70. The molecule has 0 bridgehead atoms. The van der Waals surface area contributed by atoms with Gasteiger partial charge in [0.05, 0.1) is 12.6 Å². The fraction of sp³-hybridized carbons (Fsp3) is 0.714. The number of aryl methyl sites for hydroxylation is 1. The molecule has 1 heterocycles. The van der Waals surface area contributed by atoms with Crippen molar-refractivity contribution in [2.45, 2.75) is 57.8 Å². The Morgan fingerprint density at radius 3 is 2.89 bits per heavy atom. The third kappa shape index (κ3) is 3.80. The van der Waals surface area contributed by atoms with E-state index in [0.717, 1.165) is 18.7 Å². The van der Waals surface area contributed by atoms with Crippen LogP contribution in [0.25, 0.3) is 0 Å². The number of aromatic nitrogens is 2. The summed E-state index contributed by atoms with van der Waals surface area (Å²) in [5.74, 6) is 0.821. The zero-order valence-electron chi connectivity index (χ0n) is 11.8. The van der Waals surface area contributed by atoms with Crippen molar-refractivity contribution in [1.29, 1.82) is 0 Å². The van der Waals surface area contributed by atoms with Crippen molar-refractivity contribution >= 4 is 5.91 Å². The van der Waals surface area contributed by atoms with E-state index in [-0.39, 0.29) is 18.1 Å². The molecule has 2 rings (SSSR count). The normalized spacial score (nSPS) is 17.6. The first-order chi connectivity index (χ1) is 9.20. The lowest BCUT2D eigenvalue weighted by Gasteiger charge is -2.20. The van der Waals surface area contributed by atoms with Gasteiger partial charge in [-0.25, -0.2) is 4.98 Å². The molecule has 0 unspecified atom stereocenters. The van der Waals surface area contributed by atoms with Crippen LogP contribution in [-0.4, -0.2) is 27.7 Å². The molecule has 1 atom stereocenters. The maximum Gasteiger partial charge on any atom is 0.249 e. The smallest absolute Gasteiger partial charge is 0.249 e. The molecule has 1 aromatic heterocycles. The highest BCUT2D eigenvalue weighted by Gasteiger charge is 2.24. The zero-order valence-corrected chi connectivity index (χ0v) is 11.8. The van der Waals surface area contributed by atoms with Crippen molar-refractivity contribution in [3.05, 3.63) is 18.2 Å². The van der Waals surface area contributed by atoms with Crippen LogP contribution in [0.1, 0.15) is 44.9 Å². The van der Waals surface area contributed by atoms with Crippen molar-refractivity contribution < 1.29 is 9.53 Å². The van der Waals surface area contributed by atoms with E-state index >= 15 is 0 Å². The first kappa shape index (κ1) is 14.1. The number of amides is 1. The van der Waals surface area contributed by atoms with E-state index in [1.807, 2.05) is 24.7 Å². The molecule has 19 heavy (non-hydrogen) atoms. The molecule has 1 fully saturated rings. The predicted molar refractivity (Wildman–Crippen MR) is 72.5 cm³/mol. The molecule has 1 amide bonds. The number of nitrogens with zero attached hydrogens (tertiary/aromatic N) is 2. The highest BCUT2D eigenvalue weighted by atomic mass is 16.5. The molecule has 1 aliphatic rings. The molecule has 5 nitrogen and oxygen atoms in total. The summed E-state index contributed by atoms with van der Waals surface area (Å²) in [6.45, 7) is 2.44. The molecule has 1 saturated carbocycles. The number of hydrogen-bond donors (Lipinski definition) is 1. The van der Waals surface area contributed by atoms with Crippen molar-refractivity contribution in [3.63, 3.8) is 0 Å². The van der Waals surface area contributed by atoms with Crippen LogP contribution in [-0.2, 0) is 23.1 Å². The molecular weight excluding hydrogens is 242 g/mol. The molecule has 106 valence electrons. The number of carbonyl (C=O) groups is 1. The number of nitrogens with one attached hydrogen (secondary N) is 1. The third-order valence-corrected chi connectivity index (χ3v) is 3.66. The second-order valence-electron chi connectivity index (χ2n) is 5.11. The average molecular weight is 265 g/mol. The van der Waals surface area contributed by atoms with E-state index in [1.54, 1.807) is 6.20 Å². The summed E-state index contributed by atoms with van der Waals surface area (Å²) in [6.07, 6.45) is 8.86. The van der Waals surface area contributed by atoms with E-state index < -0.39 is 0 Å². The minimum absolute atomic E-state index is 0.0302. The summed E-state index contributed by atoms with van der Waals surface area (Å²) in [7, 11) is 1.92. The molecule has 0 aliphatic heterocycles. The highest BCUT2D eigenvalue weighted by molar-refractivity contribution is 5.80. The molecule has 0 radical (unpaired) electrons. The van der Waals surface area contributed by atoms with Gasteiger partial charge in [-0.1, -0.05) is 19.8 Å². The Morgan fingerprint density at radius 2 is 2.32 bits per heavy atom. The summed E-state index contributed by atoms with van der Waals surface area (Å²) < 4.78 is 7.79. The Labute approximate surface area is 114 Å². The molecule has 1 aromatic rings.